The second-order valence-electron chi connectivity index (χ2n) is 16.5. The molecule has 57 heavy (non-hydrogen) atoms. The van der Waals surface area contributed by atoms with Crippen LogP contribution in [0, 0.1) is 18.1 Å². The Morgan fingerprint density at radius 2 is 1.40 bits per heavy atom. The largest absolute Gasteiger partial charge is 0 e. The average molecular weight is 983 g/mol. The van der Waals surface area contributed by atoms with Crippen molar-refractivity contribution in [3.63, 3.8) is 0 Å². The van der Waals surface area contributed by atoms with Crippen LogP contribution >= 0.6 is 0 Å². The van der Waals surface area contributed by atoms with Crippen molar-refractivity contribution in [2.45, 2.75) is 56.8 Å². The minimum Gasteiger partial charge on any atom is 0 e. The summed E-state index contributed by atoms with van der Waals surface area (Å²) < 4.78 is 20.5. The smallest absolute Gasteiger partial charge is 0 e. The van der Waals surface area contributed by atoms with Crippen molar-refractivity contribution in [3.05, 3.63) is 181 Å². The van der Waals surface area contributed by atoms with Gasteiger partial charge in [0.05, 0.1) is 16.9 Å². The summed E-state index contributed by atoms with van der Waals surface area (Å²) in [5.74, 6) is 7.68. The maximum Gasteiger partial charge on any atom is 0 e. The van der Waals surface area contributed by atoms with Crippen LogP contribution in [0.5, 0.6) is 0 Å². The number of fused-ring (bicyclic) bond motifs is 4. The molecule has 0 atom stereocenters. The van der Waals surface area contributed by atoms with Crippen LogP contribution in [0.1, 0.15) is 47.1 Å². The molecule has 6 aromatic carbocycles. The Hall–Kier alpha value is -4.87. The molecule has 5 heteroatoms. The van der Waals surface area contributed by atoms with Crippen LogP contribution < -0.4 is 4.40 Å². The standard InChI is InChI=1S/C34H25N2.C18H24GeN.Ir/c1-34(2)29-13-7-6-12-27(29)28-22-25(18-21-30(28)34)33-35-31-14-8-9-15-32(31)36(33)26-19-16-24(17-20-26)23-10-4-3-5-11-23;1-14(2)11-16-12-18(15-9-7-6-8-10-15)20-13-17(16)19(3,4)5;/h3-17,19-22H,1-2H3;6-9,12-14H,11H2,1-5H3;/q2*-1;/i;11D2;. The Balaban J connectivity index is 0.000000199. The summed E-state index contributed by atoms with van der Waals surface area (Å²) in [5, 5.41) is 0. The fourth-order valence-corrected chi connectivity index (χ4v) is 10.8. The topological polar surface area (TPSA) is 30.7 Å². The Bertz CT molecular complexity index is 2740. The second-order valence-corrected chi connectivity index (χ2v) is 27.0. The van der Waals surface area contributed by atoms with E-state index in [1.807, 2.05) is 56.4 Å². The molecule has 2 heterocycles. The predicted octanol–water partition coefficient (Wildman–Crippen LogP) is 12.8. The van der Waals surface area contributed by atoms with E-state index in [9.17, 15) is 0 Å². The number of aromatic nitrogens is 3. The van der Waals surface area contributed by atoms with Crippen LogP contribution in [-0.4, -0.2) is 27.8 Å². The molecule has 1 aliphatic carbocycles. The first-order valence-electron chi connectivity index (χ1n) is 20.5. The van der Waals surface area contributed by atoms with E-state index in [4.69, 9.17) is 7.73 Å². The number of benzene rings is 6. The number of para-hydroxylation sites is 2. The van der Waals surface area contributed by atoms with Crippen molar-refractivity contribution < 1.29 is 22.8 Å². The Labute approximate surface area is 357 Å². The van der Waals surface area contributed by atoms with E-state index < -0.39 is 19.6 Å². The van der Waals surface area contributed by atoms with Crippen molar-refractivity contribution in [2.24, 2.45) is 5.92 Å². The van der Waals surface area contributed by atoms with Crippen molar-refractivity contribution in [1.29, 1.82) is 0 Å². The van der Waals surface area contributed by atoms with Gasteiger partial charge in [0.2, 0.25) is 0 Å². The van der Waals surface area contributed by atoms with Gasteiger partial charge >= 0.3 is 128 Å². The molecule has 0 aliphatic heterocycles. The predicted molar refractivity (Wildman–Crippen MR) is 238 cm³/mol. The minimum absolute atomic E-state index is 0. The summed E-state index contributed by atoms with van der Waals surface area (Å²) in [6.45, 7) is 8.48. The first-order valence-corrected chi connectivity index (χ1v) is 26.9. The van der Waals surface area contributed by atoms with Crippen LogP contribution in [0.3, 0.4) is 0 Å². The van der Waals surface area contributed by atoms with Crippen LogP contribution in [0.4, 0.5) is 0 Å². The van der Waals surface area contributed by atoms with Crippen molar-refractivity contribution >= 4 is 28.7 Å². The van der Waals surface area contributed by atoms with E-state index in [2.05, 4.69) is 162 Å². The summed E-state index contributed by atoms with van der Waals surface area (Å²) in [5.41, 5.74) is 14.4. The molecular weight excluding hydrogens is 931 g/mol. The summed E-state index contributed by atoms with van der Waals surface area (Å²) in [7, 11) is 0. The molecule has 0 N–H and O–H groups in total. The van der Waals surface area contributed by atoms with Gasteiger partial charge in [0.25, 0.3) is 0 Å². The average Bonchev–Trinajstić information content (AvgIpc) is 3.73. The van der Waals surface area contributed by atoms with Gasteiger partial charge in [-0.1, -0.05) is 98.3 Å². The second kappa shape index (κ2) is 16.5. The van der Waals surface area contributed by atoms with Crippen LogP contribution in [0.15, 0.2) is 152 Å². The van der Waals surface area contributed by atoms with Crippen LogP contribution in [0.25, 0.3) is 61.6 Å². The molecule has 2 aromatic heterocycles. The molecule has 1 aliphatic rings. The molecule has 9 rings (SSSR count). The molecule has 0 spiro atoms. The zero-order chi connectivity index (χ0) is 40.8. The number of rotatable bonds is 7. The molecule has 3 nitrogen and oxygen atoms in total. The van der Waals surface area contributed by atoms with Gasteiger partial charge in [0, 0.05) is 25.8 Å². The van der Waals surface area contributed by atoms with Crippen molar-refractivity contribution in [2.75, 3.05) is 0 Å². The number of nitrogens with zero attached hydrogens (tertiary/aromatic N) is 3. The van der Waals surface area contributed by atoms with Gasteiger partial charge in [-0.15, -0.1) is 29.3 Å². The molecule has 0 saturated carbocycles. The summed E-state index contributed by atoms with van der Waals surface area (Å²) in [6.07, 6.45) is 0.562. The molecule has 0 saturated heterocycles. The Kier molecular flexibility index (Phi) is 10.9. The van der Waals surface area contributed by atoms with E-state index >= 15 is 0 Å². The normalized spacial score (nSPS) is 13.5. The molecule has 0 unspecified atom stereocenters. The molecule has 8 aromatic rings. The number of hydrogen-bond acceptors (Lipinski definition) is 2. The van der Waals surface area contributed by atoms with E-state index in [0.717, 1.165) is 49.3 Å². The van der Waals surface area contributed by atoms with Gasteiger partial charge in [-0.25, -0.2) is 0 Å². The monoisotopic (exact) mass is 984 g/mol. The molecule has 1 radical (unpaired) electrons. The van der Waals surface area contributed by atoms with Gasteiger partial charge in [-0.05, 0) is 51.9 Å². The number of imidazole rings is 1. The fraction of sp³-hybridized carbons (Fsp3) is 0.192. The maximum absolute atomic E-state index is 8.56. The van der Waals surface area contributed by atoms with Gasteiger partial charge in [-0.2, -0.15) is 0 Å². The van der Waals surface area contributed by atoms with Crippen LogP contribution in [0.2, 0.25) is 17.3 Å². The van der Waals surface area contributed by atoms with E-state index in [0.29, 0.717) is 0 Å². The van der Waals surface area contributed by atoms with Crippen LogP contribution in [-0.2, 0) is 31.9 Å². The molecule has 287 valence electrons. The molecule has 0 fully saturated rings. The number of pyridine rings is 1. The first kappa shape index (κ1) is 37.7. The Morgan fingerprint density at radius 1 is 0.719 bits per heavy atom. The van der Waals surface area contributed by atoms with Crippen molar-refractivity contribution in [3.8, 4) is 50.6 Å². The third kappa shape index (κ3) is 8.14. The first-order chi connectivity index (χ1) is 27.7. The summed E-state index contributed by atoms with van der Waals surface area (Å²) in [4.78, 5) is 9.69. The van der Waals surface area contributed by atoms with Crippen molar-refractivity contribution in [1.82, 2.24) is 14.5 Å². The van der Waals surface area contributed by atoms with E-state index in [1.54, 1.807) is 0 Å². The molecule has 0 bridgehead atoms. The third-order valence-electron chi connectivity index (χ3n) is 10.7. The quantitative estimate of drug-likeness (QED) is 0.118. The Morgan fingerprint density at radius 3 is 2.12 bits per heavy atom. The zero-order valence-electron chi connectivity index (χ0n) is 35.7. The van der Waals surface area contributed by atoms with Gasteiger partial charge in [0.15, 0.2) is 0 Å². The fourth-order valence-electron chi connectivity index (χ4n) is 7.85. The summed E-state index contributed by atoms with van der Waals surface area (Å²) >= 11 is -2.20. The zero-order valence-corrected chi connectivity index (χ0v) is 38.2. The van der Waals surface area contributed by atoms with Gasteiger partial charge < -0.3 is 4.57 Å². The van der Waals surface area contributed by atoms with Gasteiger partial charge in [-0.3, -0.25) is 4.98 Å². The van der Waals surface area contributed by atoms with E-state index in [-0.39, 0.29) is 31.4 Å². The van der Waals surface area contributed by atoms with Gasteiger partial charge in [0.1, 0.15) is 0 Å². The molecular formula is C52H49GeIrN3-2. The third-order valence-corrected chi connectivity index (χ3v) is 14.9. The molecule has 0 amide bonds. The maximum atomic E-state index is 8.56. The minimum atomic E-state index is -2.20. The SMILES string of the molecule is CC1(C)c2c[c-]c(-c3nc4ccccc4n3-c3ccc(-c4ccccc4)cc3)cc2-c2ccccc21.[2H]C([2H])(c1cc(-c2[c-]cccc2)nc[c]1[Ge]([CH3])([CH3])[CH3])C(C)C.[Ir]. The number of hydrogen-bond donors (Lipinski definition) is 0. The van der Waals surface area contributed by atoms with E-state index in [1.165, 1.54) is 33.4 Å². The summed E-state index contributed by atoms with van der Waals surface area (Å²) in [6, 6.07) is 57.2.